The Kier molecular flexibility index (Phi) is 3.02. The van der Waals surface area contributed by atoms with Crippen LogP contribution >= 0.6 is 11.6 Å². The minimum absolute atomic E-state index is 0.0408. The van der Waals surface area contributed by atoms with Gasteiger partial charge in [-0.15, -0.1) is 0 Å². The van der Waals surface area contributed by atoms with E-state index in [0.29, 0.717) is 16.2 Å². The average molecular weight is 313 g/mol. The van der Waals surface area contributed by atoms with Crippen molar-refractivity contribution in [3.05, 3.63) is 47.1 Å². The predicted molar refractivity (Wildman–Crippen MR) is 73.3 cm³/mol. The molecule has 3 rings (SSSR count). The Morgan fingerprint density at radius 3 is 2.67 bits per heavy atom. The normalized spacial score (nSPS) is 12.0. The lowest BCUT2D eigenvalue weighted by Gasteiger charge is -2.10. The number of hydrogen-bond donors (Lipinski definition) is 1. The van der Waals surface area contributed by atoms with Gasteiger partial charge in [-0.1, -0.05) is 17.7 Å². The number of alkyl halides is 3. The smallest absolute Gasteiger partial charge is 0.369 e. The van der Waals surface area contributed by atoms with Gasteiger partial charge in [-0.2, -0.15) is 13.2 Å². The first kappa shape index (κ1) is 13.7. The monoisotopic (exact) mass is 312 g/mol. The first-order valence-corrected chi connectivity index (χ1v) is 6.21. The van der Waals surface area contributed by atoms with Gasteiger partial charge in [0.2, 0.25) is 5.95 Å². The van der Waals surface area contributed by atoms with Gasteiger partial charge in [0.1, 0.15) is 5.52 Å². The number of pyridine rings is 1. The molecule has 0 aliphatic carbocycles. The molecule has 0 fully saturated rings. The van der Waals surface area contributed by atoms with Gasteiger partial charge >= 0.3 is 6.18 Å². The lowest BCUT2D eigenvalue weighted by atomic mass is 10.2. The van der Waals surface area contributed by atoms with E-state index in [4.69, 9.17) is 17.3 Å². The molecule has 0 amide bonds. The Balaban J connectivity index is 2.23. The van der Waals surface area contributed by atoms with E-state index in [2.05, 4.69) is 9.97 Å². The fourth-order valence-corrected chi connectivity index (χ4v) is 2.19. The Labute approximate surface area is 122 Å². The van der Waals surface area contributed by atoms with Gasteiger partial charge in [-0.25, -0.2) is 9.97 Å². The molecule has 4 nitrogen and oxygen atoms in total. The fraction of sp³-hybridized carbons (Fsp3) is 0.0769. The van der Waals surface area contributed by atoms with Crippen LogP contribution in [0.5, 0.6) is 0 Å². The molecule has 2 heterocycles. The molecule has 2 aromatic heterocycles. The molecule has 3 aromatic rings. The molecule has 0 radical (unpaired) electrons. The van der Waals surface area contributed by atoms with E-state index in [1.807, 2.05) is 0 Å². The third-order valence-corrected chi connectivity index (χ3v) is 3.13. The summed E-state index contributed by atoms with van der Waals surface area (Å²) in [6, 6.07) is 6.34. The van der Waals surface area contributed by atoms with Crippen molar-refractivity contribution >= 4 is 28.7 Å². The van der Waals surface area contributed by atoms with Gasteiger partial charge < -0.3 is 5.73 Å². The van der Waals surface area contributed by atoms with E-state index in [1.165, 1.54) is 22.9 Å². The van der Waals surface area contributed by atoms with Crippen LogP contribution in [0.2, 0.25) is 5.02 Å². The lowest BCUT2D eigenvalue weighted by molar-refractivity contribution is -0.137. The minimum Gasteiger partial charge on any atom is -0.369 e. The number of nitrogens with two attached hydrogens (primary N) is 1. The van der Waals surface area contributed by atoms with E-state index in [0.717, 1.165) is 12.1 Å². The Morgan fingerprint density at radius 2 is 1.95 bits per heavy atom. The molecule has 0 spiro atoms. The van der Waals surface area contributed by atoms with Crippen molar-refractivity contribution in [2.75, 3.05) is 5.73 Å². The maximum absolute atomic E-state index is 12.8. The number of nitrogens with zero attached hydrogens (tertiary/aromatic N) is 3. The quantitative estimate of drug-likeness (QED) is 0.746. The number of imidazole rings is 1. The number of nitrogen functional groups attached to an aromatic ring is 1. The van der Waals surface area contributed by atoms with Gasteiger partial charge in [0.15, 0.2) is 5.65 Å². The van der Waals surface area contributed by atoms with Crippen LogP contribution in [0, 0.1) is 0 Å². The van der Waals surface area contributed by atoms with Gasteiger partial charge in [0.25, 0.3) is 0 Å². The van der Waals surface area contributed by atoms with E-state index in [9.17, 15) is 13.2 Å². The molecule has 0 bridgehead atoms. The van der Waals surface area contributed by atoms with Gasteiger partial charge in [0.05, 0.1) is 16.3 Å². The maximum atomic E-state index is 12.8. The van der Waals surface area contributed by atoms with E-state index in [-0.39, 0.29) is 11.6 Å². The molecule has 0 saturated carbocycles. The zero-order valence-corrected chi connectivity index (χ0v) is 11.2. The third kappa shape index (κ3) is 2.40. The molecular formula is C13H8ClF3N4. The summed E-state index contributed by atoms with van der Waals surface area (Å²) in [7, 11) is 0. The summed E-state index contributed by atoms with van der Waals surface area (Å²) in [6.45, 7) is 0. The fourth-order valence-electron chi connectivity index (χ4n) is 2.03. The van der Waals surface area contributed by atoms with Gasteiger partial charge in [-0.3, -0.25) is 4.57 Å². The van der Waals surface area contributed by atoms with E-state index >= 15 is 0 Å². The van der Waals surface area contributed by atoms with Crippen molar-refractivity contribution in [1.29, 1.82) is 0 Å². The molecule has 0 atom stereocenters. The third-order valence-electron chi connectivity index (χ3n) is 2.92. The summed E-state index contributed by atoms with van der Waals surface area (Å²) in [4.78, 5) is 8.13. The largest absolute Gasteiger partial charge is 0.416 e. The lowest BCUT2D eigenvalue weighted by Crippen LogP contribution is -2.07. The Morgan fingerprint density at radius 1 is 1.19 bits per heavy atom. The first-order valence-electron chi connectivity index (χ1n) is 5.83. The van der Waals surface area contributed by atoms with Crippen LogP contribution in [0.25, 0.3) is 16.9 Å². The highest BCUT2D eigenvalue weighted by molar-refractivity contribution is 6.31. The number of anilines is 1. The summed E-state index contributed by atoms with van der Waals surface area (Å²) in [6.07, 6.45) is -3.05. The molecule has 8 heteroatoms. The second kappa shape index (κ2) is 4.63. The molecule has 108 valence electrons. The van der Waals surface area contributed by atoms with Crippen LogP contribution in [0.15, 0.2) is 36.5 Å². The summed E-state index contributed by atoms with van der Waals surface area (Å²) in [5.41, 5.74) is 6.01. The van der Waals surface area contributed by atoms with Crippen molar-refractivity contribution < 1.29 is 13.2 Å². The molecule has 0 aliphatic heterocycles. The van der Waals surface area contributed by atoms with Crippen LogP contribution in [-0.4, -0.2) is 14.5 Å². The second-order valence-corrected chi connectivity index (χ2v) is 4.79. The molecule has 21 heavy (non-hydrogen) atoms. The summed E-state index contributed by atoms with van der Waals surface area (Å²) < 4.78 is 39.7. The molecule has 1 aromatic carbocycles. The molecule has 0 saturated heterocycles. The minimum atomic E-state index is -4.43. The van der Waals surface area contributed by atoms with E-state index < -0.39 is 11.7 Å². The molecule has 0 unspecified atom stereocenters. The number of fused-ring (bicyclic) bond motifs is 1. The Bertz CT molecular complexity index is 826. The van der Waals surface area contributed by atoms with Crippen molar-refractivity contribution in [3.8, 4) is 5.69 Å². The van der Waals surface area contributed by atoms with Crippen LogP contribution in [0.1, 0.15) is 5.56 Å². The van der Waals surface area contributed by atoms with Crippen LogP contribution in [-0.2, 0) is 6.18 Å². The highest BCUT2D eigenvalue weighted by atomic mass is 35.5. The first-order chi connectivity index (χ1) is 9.86. The maximum Gasteiger partial charge on any atom is 0.416 e. The summed E-state index contributed by atoms with van der Waals surface area (Å²) in [5.74, 6) is 0.0408. The van der Waals surface area contributed by atoms with Crippen LogP contribution in [0.3, 0.4) is 0 Å². The number of halogens is 4. The topological polar surface area (TPSA) is 56.7 Å². The highest BCUT2D eigenvalue weighted by Gasteiger charge is 2.30. The molecular weight excluding hydrogens is 305 g/mol. The van der Waals surface area contributed by atoms with Crippen molar-refractivity contribution in [1.82, 2.24) is 14.5 Å². The zero-order chi connectivity index (χ0) is 15.2. The van der Waals surface area contributed by atoms with Gasteiger partial charge in [0, 0.05) is 6.20 Å². The molecule has 2 N–H and O–H groups in total. The van der Waals surface area contributed by atoms with Crippen molar-refractivity contribution in [2.45, 2.75) is 6.18 Å². The predicted octanol–water partition coefficient (Wildman–Crippen LogP) is 3.67. The number of aromatic nitrogens is 3. The van der Waals surface area contributed by atoms with Gasteiger partial charge in [-0.05, 0) is 24.3 Å². The van der Waals surface area contributed by atoms with Crippen LogP contribution in [0.4, 0.5) is 19.1 Å². The van der Waals surface area contributed by atoms with Crippen molar-refractivity contribution in [3.63, 3.8) is 0 Å². The standard InChI is InChI=1S/C13H8ClF3N4/c14-8-5-10-11(19-6-8)21(12(18)20-10)9-3-1-2-7(4-9)13(15,16)17/h1-6H,(H2,18,20). The van der Waals surface area contributed by atoms with Crippen molar-refractivity contribution in [2.24, 2.45) is 0 Å². The SMILES string of the molecule is Nc1nc2cc(Cl)cnc2n1-c1cccc(C(F)(F)F)c1. The highest BCUT2D eigenvalue weighted by Crippen LogP contribution is 2.31. The zero-order valence-electron chi connectivity index (χ0n) is 10.4. The Hall–Kier alpha value is -2.28. The summed E-state index contributed by atoms with van der Waals surface area (Å²) >= 11 is 5.81. The average Bonchev–Trinajstić information content (AvgIpc) is 2.73. The number of rotatable bonds is 1. The van der Waals surface area contributed by atoms with Crippen LogP contribution < -0.4 is 5.73 Å². The van der Waals surface area contributed by atoms with E-state index in [1.54, 1.807) is 6.07 Å². The second-order valence-electron chi connectivity index (χ2n) is 4.35. The number of benzene rings is 1. The molecule has 0 aliphatic rings. The number of hydrogen-bond acceptors (Lipinski definition) is 3. The summed E-state index contributed by atoms with van der Waals surface area (Å²) in [5, 5.41) is 0.371.